The van der Waals surface area contributed by atoms with Crippen LogP contribution in [0.15, 0.2) is 47.3 Å². The average molecular weight is 366 g/mol. The van der Waals surface area contributed by atoms with Gasteiger partial charge in [-0.2, -0.15) is 0 Å². The Labute approximate surface area is 162 Å². The van der Waals surface area contributed by atoms with Crippen LogP contribution < -0.4 is 10.7 Å². The minimum Gasteiger partial charge on any atom is -0.504 e. The van der Waals surface area contributed by atoms with Crippen LogP contribution in [0.2, 0.25) is 0 Å². The topological polar surface area (TPSA) is 49.3 Å². The van der Waals surface area contributed by atoms with Crippen LogP contribution in [0.1, 0.15) is 59.1 Å². The number of nitrogens with one attached hydrogen (secondary N) is 1. The van der Waals surface area contributed by atoms with Crippen LogP contribution in [0.3, 0.4) is 0 Å². The molecule has 0 fully saturated rings. The van der Waals surface area contributed by atoms with Gasteiger partial charge in [-0.05, 0) is 76.6 Å². The smallest absolute Gasteiger partial charge is 0.220 e. The summed E-state index contributed by atoms with van der Waals surface area (Å²) < 4.78 is 0. The van der Waals surface area contributed by atoms with Crippen LogP contribution in [0, 0.1) is 11.8 Å². The summed E-state index contributed by atoms with van der Waals surface area (Å²) in [4.78, 5) is 11.6. The van der Waals surface area contributed by atoms with Crippen LogP contribution in [0.5, 0.6) is 5.75 Å². The summed E-state index contributed by atoms with van der Waals surface area (Å²) in [7, 11) is 0. The summed E-state index contributed by atoms with van der Waals surface area (Å²) in [5.41, 5.74) is 4.47. The summed E-state index contributed by atoms with van der Waals surface area (Å²) in [6.07, 6.45) is 1.17. The molecule has 0 bridgehead atoms. The Kier molecular flexibility index (Phi) is 4.83. The third kappa shape index (κ3) is 3.60. The van der Waals surface area contributed by atoms with E-state index in [4.69, 9.17) is 0 Å². The van der Waals surface area contributed by atoms with E-state index in [1.165, 1.54) is 29.7 Å². The van der Waals surface area contributed by atoms with Gasteiger partial charge in [-0.25, -0.2) is 0 Å². The molecule has 0 amide bonds. The molecule has 0 radical (unpaired) electrons. The van der Waals surface area contributed by atoms with Crippen molar-refractivity contribution >= 4 is 11.4 Å². The first-order chi connectivity index (χ1) is 12.5. The van der Waals surface area contributed by atoms with Crippen molar-refractivity contribution in [2.45, 2.75) is 58.8 Å². The molecule has 0 heterocycles. The number of anilines is 2. The van der Waals surface area contributed by atoms with Gasteiger partial charge in [0.1, 0.15) is 0 Å². The molecular weight excluding hydrogens is 334 g/mol. The van der Waals surface area contributed by atoms with Crippen LogP contribution in [0.25, 0.3) is 0 Å². The maximum absolute atomic E-state index is 11.6. The van der Waals surface area contributed by atoms with Crippen LogP contribution in [0.4, 0.5) is 11.4 Å². The lowest BCUT2D eigenvalue weighted by Crippen LogP contribution is -2.43. The summed E-state index contributed by atoms with van der Waals surface area (Å²) in [6, 6.07) is 12.9. The van der Waals surface area contributed by atoms with Crippen molar-refractivity contribution in [1.82, 2.24) is 0 Å². The lowest BCUT2D eigenvalue weighted by molar-refractivity contribution is 0.162. The van der Waals surface area contributed by atoms with E-state index in [9.17, 15) is 9.90 Å². The maximum atomic E-state index is 11.6. The number of rotatable bonds is 3. The molecule has 1 atom stereocenters. The first kappa shape index (κ1) is 19.5. The highest BCUT2D eigenvalue weighted by Crippen LogP contribution is 2.52. The number of benzene rings is 1. The van der Waals surface area contributed by atoms with Crippen molar-refractivity contribution in [3.63, 3.8) is 0 Å². The van der Waals surface area contributed by atoms with Crippen molar-refractivity contribution in [2.75, 3.05) is 5.32 Å². The van der Waals surface area contributed by atoms with Crippen LogP contribution >= 0.6 is 0 Å². The predicted octanol–water partition coefficient (Wildman–Crippen LogP) is 5.73. The third-order valence-electron chi connectivity index (χ3n) is 6.28. The number of aromatic hydroxyl groups is 1. The summed E-state index contributed by atoms with van der Waals surface area (Å²) >= 11 is 0. The molecular formula is C24H31NO2. The number of hydrogen-bond donors (Lipinski definition) is 2. The van der Waals surface area contributed by atoms with Crippen LogP contribution in [-0.4, -0.2) is 5.11 Å². The zero-order valence-corrected chi connectivity index (χ0v) is 17.3. The Hall–Kier alpha value is -2.29. The molecule has 2 aromatic rings. The zero-order valence-electron chi connectivity index (χ0n) is 17.3. The SMILES string of the molecule is CC(C)C1CC(C)(C)c2cc(Nc3ccc(O)c(=O)cc3)ccc2C1(C)C. The van der Waals surface area contributed by atoms with E-state index in [-0.39, 0.29) is 22.0 Å². The van der Waals surface area contributed by atoms with Crippen molar-refractivity contribution in [3.05, 3.63) is 63.8 Å². The Balaban J connectivity index is 2.02. The predicted molar refractivity (Wildman–Crippen MR) is 113 cm³/mol. The normalized spacial score (nSPS) is 20.2. The van der Waals surface area contributed by atoms with Gasteiger partial charge < -0.3 is 10.4 Å². The second-order valence-electron chi connectivity index (χ2n) is 9.42. The number of fused-ring (bicyclic) bond motifs is 1. The average Bonchev–Trinajstić information content (AvgIpc) is 2.74. The Morgan fingerprint density at radius 2 is 1.59 bits per heavy atom. The van der Waals surface area contributed by atoms with Crippen molar-refractivity contribution in [3.8, 4) is 5.75 Å². The Bertz CT molecular complexity index is 912. The highest BCUT2D eigenvalue weighted by molar-refractivity contribution is 5.63. The fraction of sp³-hybridized carbons (Fsp3) is 0.458. The van der Waals surface area contributed by atoms with E-state index in [0.29, 0.717) is 11.8 Å². The summed E-state index contributed by atoms with van der Waals surface area (Å²) in [5, 5.41) is 13.0. The molecule has 27 heavy (non-hydrogen) atoms. The Morgan fingerprint density at radius 1 is 0.963 bits per heavy atom. The van der Waals surface area contributed by atoms with Crippen molar-refractivity contribution in [2.24, 2.45) is 11.8 Å². The van der Waals surface area contributed by atoms with E-state index >= 15 is 0 Å². The van der Waals surface area contributed by atoms with Crippen LogP contribution in [-0.2, 0) is 10.8 Å². The minimum atomic E-state index is -0.379. The quantitative estimate of drug-likeness (QED) is 0.730. The fourth-order valence-electron chi connectivity index (χ4n) is 4.73. The molecule has 1 unspecified atom stereocenters. The highest BCUT2D eigenvalue weighted by Gasteiger charge is 2.45. The van der Waals surface area contributed by atoms with Gasteiger partial charge in [-0.1, -0.05) is 47.6 Å². The lowest BCUT2D eigenvalue weighted by Gasteiger charge is -2.49. The van der Waals surface area contributed by atoms with Gasteiger partial charge in [0, 0.05) is 11.4 Å². The maximum Gasteiger partial charge on any atom is 0.220 e. The van der Waals surface area contributed by atoms with E-state index in [1.54, 1.807) is 12.1 Å². The molecule has 2 aromatic carbocycles. The first-order valence-corrected chi connectivity index (χ1v) is 9.78. The molecule has 2 N–H and O–H groups in total. The monoisotopic (exact) mass is 365 g/mol. The molecule has 3 nitrogen and oxygen atoms in total. The van der Waals surface area contributed by atoms with Gasteiger partial charge >= 0.3 is 0 Å². The fourth-order valence-corrected chi connectivity index (χ4v) is 4.73. The molecule has 0 aliphatic heterocycles. The lowest BCUT2D eigenvalue weighted by atomic mass is 9.55. The third-order valence-corrected chi connectivity index (χ3v) is 6.28. The molecule has 0 spiro atoms. The summed E-state index contributed by atoms with van der Waals surface area (Å²) in [6.45, 7) is 14.1. The van der Waals surface area contributed by atoms with E-state index in [0.717, 1.165) is 11.4 Å². The zero-order chi connectivity index (χ0) is 20.0. The summed E-state index contributed by atoms with van der Waals surface area (Å²) in [5.74, 6) is 1.05. The first-order valence-electron chi connectivity index (χ1n) is 9.78. The standard InChI is InChI=1S/C24H31NO2/c1-15(2)20-14-23(3,4)19-13-17(7-10-18(19)24(20,5)6)25-16-8-11-21(26)22(27)12-9-16/h7-13,15,20,25H,14H2,1-6H3,(H,26,27). The van der Waals surface area contributed by atoms with E-state index < -0.39 is 0 Å². The van der Waals surface area contributed by atoms with Crippen molar-refractivity contribution in [1.29, 1.82) is 0 Å². The van der Waals surface area contributed by atoms with Gasteiger partial charge in [-0.15, -0.1) is 0 Å². The molecule has 1 aliphatic rings. The second-order valence-corrected chi connectivity index (χ2v) is 9.42. The molecule has 1 aliphatic carbocycles. The molecule has 3 rings (SSSR count). The second kappa shape index (κ2) is 6.70. The highest BCUT2D eigenvalue weighted by atomic mass is 16.3. The van der Waals surface area contributed by atoms with Gasteiger partial charge in [0.15, 0.2) is 5.75 Å². The van der Waals surface area contributed by atoms with Gasteiger partial charge in [0.05, 0.1) is 0 Å². The van der Waals surface area contributed by atoms with Gasteiger partial charge in [-0.3, -0.25) is 4.79 Å². The Morgan fingerprint density at radius 3 is 2.26 bits per heavy atom. The molecule has 0 saturated carbocycles. The minimum absolute atomic E-state index is 0.110. The van der Waals surface area contributed by atoms with Crippen molar-refractivity contribution < 1.29 is 5.11 Å². The van der Waals surface area contributed by atoms with Gasteiger partial charge in [0.25, 0.3) is 0 Å². The molecule has 0 aromatic heterocycles. The largest absolute Gasteiger partial charge is 0.504 e. The van der Waals surface area contributed by atoms with E-state index in [1.807, 2.05) is 0 Å². The molecule has 144 valence electrons. The molecule has 3 heteroatoms. The number of hydrogen-bond acceptors (Lipinski definition) is 3. The van der Waals surface area contributed by atoms with E-state index in [2.05, 4.69) is 65.1 Å². The molecule has 0 saturated heterocycles. The van der Waals surface area contributed by atoms with Gasteiger partial charge in [0.2, 0.25) is 5.43 Å².